The number of rotatable bonds is 30. The number of benzene rings is 19. The molecule has 0 saturated carbocycles. The van der Waals surface area contributed by atoms with E-state index in [1.807, 2.05) is 5.70 Å². The highest BCUT2D eigenvalue weighted by Gasteiger charge is 2.55. The molecule has 0 radical (unpaired) electrons. The molecule has 0 aliphatic rings. The molecule has 0 unspecified atom stereocenters. The molecule has 0 amide bonds. The maximum absolute atomic E-state index is 8.22. The average molecular weight is 2000 g/mol. The Bertz CT molecular complexity index is 6060. The first-order chi connectivity index (χ1) is 68.6. The third kappa shape index (κ3) is 24.2. The van der Waals surface area contributed by atoms with E-state index in [-0.39, 0.29) is 0 Å². The maximum atomic E-state index is 8.22. The molecular formula is C126H128O5Si10. The molecule has 0 bridgehead atoms. The van der Waals surface area contributed by atoms with Crippen LogP contribution in [-0.4, -0.2) is 83.2 Å². The van der Waals surface area contributed by atoms with Crippen molar-refractivity contribution < 1.29 is 20.6 Å². The second-order valence-corrected chi connectivity index (χ2v) is 76.4. The van der Waals surface area contributed by atoms with Crippen molar-refractivity contribution in [3.63, 3.8) is 0 Å². The molecule has 0 saturated heterocycles. The van der Waals surface area contributed by atoms with Gasteiger partial charge in [0.15, 0.2) is 25.0 Å². The molecule has 0 aliphatic carbocycles. The van der Waals surface area contributed by atoms with Crippen molar-refractivity contribution in [2.45, 2.75) is 65.5 Å². The van der Waals surface area contributed by atoms with Gasteiger partial charge in [0.2, 0.25) is 8.32 Å². The van der Waals surface area contributed by atoms with Gasteiger partial charge in [-0.05, 0) is 164 Å². The lowest BCUT2D eigenvalue weighted by Gasteiger charge is -2.44. The SMILES string of the molecule is C=C[Si](C)(C)O[Si](c1ccccc1)(c1ccccc1)c1ccccc1.C[Si](C)(C)O[Si](c1ccccc1)(c1ccccc1)c1ccccc1.C[Si](C)(C)O[Si](c1ccccc1)(c1ccccc1)c1ccccc1.C[Si](C)(O[Si](c1ccccc1)(c1ccccc1)c1ccccc1)c1ccccc1.c1ccc([Si](O[Si](c2ccccc2)(c2ccccc2)c2ccccc2)(c2ccccc2)c2ccccc2)cc1. The first-order valence-corrected chi connectivity index (χ1v) is 73.0. The van der Waals surface area contributed by atoms with Crippen LogP contribution in [0.25, 0.3) is 0 Å². The van der Waals surface area contributed by atoms with E-state index in [4.69, 9.17) is 20.6 Å². The molecule has 0 heterocycles. The molecule has 702 valence electrons. The van der Waals surface area contributed by atoms with Crippen LogP contribution >= 0.6 is 0 Å². The summed E-state index contributed by atoms with van der Waals surface area (Å²) in [6.45, 7) is 26.8. The summed E-state index contributed by atoms with van der Waals surface area (Å²) < 4.78 is 36.9. The zero-order valence-electron chi connectivity index (χ0n) is 82.7. The van der Waals surface area contributed by atoms with Gasteiger partial charge in [0.25, 0.3) is 49.9 Å². The smallest absolute Gasteiger partial charge is 0.278 e. The van der Waals surface area contributed by atoms with E-state index in [0.29, 0.717) is 0 Å². The molecule has 0 aromatic heterocycles. The molecule has 19 aromatic rings. The molecule has 5 nitrogen and oxygen atoms in total. The molecule has 0 N–H and O–H groups in total. The monoisotopic (exact) mass is 2000 g/mol. The lowest BCUT2D eigenvalue weighted by molar-refractivity contribution is 0.578. The lowest BCUT2D eigenvalue weighted by atomic mass is 10.3. The fourth-order valence-corrected chi connectivity index (χ4v) is 62.6. The Labute approximate surface area is 849 Å². The van der Waals surface area contributed by atoms with Gasteiger partial charge in [-0.1, -0.05) is 582 Å². The Hall–Kier alpha value is -13.1. The van der Waals surface area contributed by atoms with E-state index in [2.05, 4.69) is 648 Å². The van der Waals surface area contributed by atoms with Crippen molar-refractivity contribution in [2.24, 2.45) is 0 Å². The highest BCUT2D eigenvalue weighted by atomic mass is 28.4. The Balaban J connectivity index is 0.000000135. The van der Waals surface area contributed by atoms with Crippen LogP contribution < -0.4 is 98.5 Å². The molecule has 0 spiro atoms. The van der Waals surface area contributed by atoms with Crippen LogP contribution in [0.3, 0.4) is 0 Å². The van der Waals surface area contributed by atoms with Crippen molar-refractivity contribution >= 4 is 182 Å². The predicted octanol–water partition coefficient (Wildman–Crippen LogP) is 18.7. The van der Waals surface area contributed by atoms with Crippen molar-refractivity contribution in [3.8, 4) is 0 Å². The minimum atomic E-state index is -3.05. The molecule has 0 aliphatic heterocycles. The van der Waals surface area contributed by atoms with Crippen LogP contribution in [0.1, 0.15) is 0 Å². The predicted molar refractivity (Wildman–Crippen MR) is 627 cm³/mol. The Morgan fingerprint density at radius 3 is 0.340 bits per heavy atom. The van der Waals surface area contributed by atoms with E-state index in [0.717, 1.165) is 0 Å². The molecule has 19 aromatic carbocycles. The molecular weight excluding hydrogens is 1870 g/mol. The van der Waals surface area contributed by atoms with Gasteiger partial charge in [0.05, 0.1) is 0 Å². The number of hydrogen-bond donors (Lipinski definition) is 0. The molecule has 19 rings (SSSR count). The second-order valence-electron chi connectivity index (χ2n) is 38.1. The van der Waals surface area contributed by atoms with E-state index in [1.165, 1.54) is 98.5 Å². The maximum Gasteiger partial charge on any atom is 0.278 e. The summed E-state index contributed by atoms with van der Waals surface area (Å²) in [6.07, 6.45) is 0. The Kier molecular flexibility index (Phi) is 34.7. The summed E-state index contributed by atoms with van der Waals surface area (Å²) in [5, 5.41) is 24.3. The van der Waals surface area contributed by atoms with Crippen molar-refractivity contribution in [1.29, 1.82) is 0 Å². The van der Waals surface area contributed by atoms with Gasteiger partial charge in [-0.25, -0.2) is 0 Å². The topological polar surface area (TPSA) is 46.2 Å². The summed E-state index contributed by atoms with van der Waals surface area (Å²) in [5.41, 5.74) is 2.03. The van der Waals surface area contributed by atoms with E-state index in [9.17, 15) is 0 Å². The summed E-state index contributed by atoms with van der Waals surface area (Å²) in [4.78, 5) is 0. The highest BCUT2D eigenvalue weighted by Crippen LogP contribution is 2.25. The summed E-state index contributed by atoms with van der Waals surface area (Å²) in [7, 11) is -24.2. The largest absolute Gasteiger partial charge is 0.446 e. The Morgan fingerprint density at radius 2 is 0.227 bits per heavy atom. The van der Waals surface area contributed by atoms with Gasteiger partial charge in [-0.2, -0.15) is 0 Å². The molecule has 15 heteroatoms. The zero-order chi connectivity index (χ0) is 98.4. The summed E-state index contributed by atoms with van der Waals surface area (Å²) in [6, 6.07) is 205. The fourth-order valence-electron chi connectivity index (χ4n) is 19.0. The minimum Gasteiger partial charge on any atom is -0.446 e. The van der Waals surface area contributed by atoms with Gasteiger partial charge < -0.3 is 20.6 Å². The zero-order valence-corrected chi connectivity index (χ0v) is 92.7. The number of hydrogen-bond acceptors (Lipinski definition) is 5. The van der Waals surface area contributed by atoms with Crippen LogP contribution in [0.2, 0.25) is 65.5 Å². The van der Waals surface area contributed by atoms with Gasteiger partial charge in [0.1, 0.15) is 0 Å². The molecule has 0 fully saturated rings. The van der Waals surface area contributed by atoms with Crippen LogP contribution in [0, 0.1) is 0 Å². The standard InChI is InChI=1S/C36H30OSi2.C26H26OSi2.C22H24OSi2.2C21H24OSi2/c1-7-19-31(20-8-1)38(32-21-9-2-10-22-32,33-23-11-3-12-24-33)37-39(34-25-13-4-14-26-34,35-27-15-5-16-28-35)36-29-17-6-18-30-36;1-28(2,23-15-7-3-8-16-23)27-29(24-17-9-4-10-18-24,25-19-11-5-12-20-25)26-21-13-6-14-22-26;1-4-24(2,3)23-25(20-14-8-5-9-15-20,21-16-10-6-11-17-21)22-18-12-7-13-19-22;2*1-23(2,3)22-24(19-13-7-4-8-14-19,20-15-9-5-10-16-20)21-17-11-6-12-18-21/h1-30H;3-22H,1-2H3;4-19H,1H2,2-3H3;2*4-18H,1-3H3. The van der Waals surface area contributed by atoms with Crippen LogP contribution in [0.5, 0.6) is 0 Å². The van der Waals surface area contributed by atoms with Crippen LogP contribution in [-0.2, 0) is 20.6 Å². The second kappa shape index (κ2) is 47.9. The summed E-state index contributed by atoms with van der Waals surface area (Å²) >= 11 is 0. The Morgan fingerprint density at radius 1 is 0.128 bits per heavy atom. The van der Waals surface area contributed by atoms with Crippen molar-refractivity contribution in [1.82, 2.24) is 0 Å². The van der Waals surface area contributed by atoms with Gasteiger partial charge >= 0.3 is 0 Å². The van der Waals surface area contributed by atoms with Crippen molar-refractivity contribution in [3.05, 3.63) is 589 Å². The van der Waals surface area contributed by atoms with E-state index >= 15 is 0 Å². The van der Waals surface area contributed by atoms with Gasteiger partial charge in [-0.15, -0.1) is 6.58 Å². The normalized spacial score (nSPS) is 11.9. The van der Waals surface area contributed by atoms with E-state index in [1.54, 1.807) is 0 Å². The third-order valence-electron chi connectivity index (χ3n) is 25.3. The van der Waals surface area contributed by atoms with Gasteiger partial charge in [-0.3, -0.25) is 0 Å². The first-order valence-electron chi connectivity index (χ1n) is 48.8. The fraction of sp³-hybridized carbons (Fsp3) is 0.0794. The van der Waals surface area contributed by atoms with E-state index < -0.39 is 83.2 Å². The average Bonchev–Trinajstić information content (AvgIpc) is 0.713. The van der Waals surface area contributed by atoms with Crippen LogP contribution in [0.4, 0.5) is 0 Å². The molecule has 0 atom stereocenters. The molecule has 141 heavy (non-hydrogen) atoms. The lowest BCUT2D eigenvalue weighted by Crippen LogP contribution is -2.81. The highest BCUT2D eigenvalue weighted by molar-refractivity contribution is 7.19. The van der Waals surface area contributed by atoms with Crippen LogP contribution in [0.15, 0.2) is 589 Å². The third-order valence-corrected chi connectivity index (χ3v) is 65.0. The van der Waals surface area contributed by atoms with Crippen molar-refractivity contribution in [2.75, 3.05) is 0 Å². The quantitative estimate of drug-likeness (QED) is 0.0332. The van der Waals surface area contributed by atoms with Gasteiger partial charge in [0, 0.05) is 0 Å². The minimum absolute atomic E-state index is 1.24. The first kappa shape index (κ1) is 102. The summed E-state index contributed by atoms with van der Waals surface area (Å²) in [5.74, 6) is 0.